The SMILES string of the molecule is Cc1ccc(Cl)c(OCC(=O)NNC(=O)Cc2ccc(F)cc2)c1. The summed E-state index contributed by atoms with van der Waals surface area (Å²) >= 11 is 5.96. The van der Waals surface area contributed by atoms with E-state index in [1.165, 1.54) is 24.3 Å². The summed E-state index contributed by atoms with van der Waals surface area (Å²) < 4.78 is 18.1. The molecule has 0 heterocycles. The first-order chi connectivity index (χ1) is 11.4. The van der Waals surface area contributed by atoms with Gasteiger partial charge in [-0.2, -0.15) is 0 Å². The molecule has 0 saturated heterocycles. The van der Waals surface area contributed by atoms with Crippen LogP contribution in [0.15, 0.2) is 42.5 Å². The molecule has 2 rings (SSSR count). The number of aryl methyl sites for hydroxylation is 1. The van der Waals surface area contributed by atoms with Crippen molar-refractivity contribution in [3.63, 3.8) is 0 Å². The molecular formula is C17H16ClFN2O3. The third-order valence-electron chi connectivity index (χ3n) is 3.06. The lowest BCUT2D eigenvalue weighted by atomic mass is 10.1. The molecule has 126 valence electrons. The number of rotatable bonds is 5. The van der Waals surface area contributed by atoms with Gasteiger partial charge in [-0.05, 0) is 42.3 Å². The first kappa shape index (κ1) is 17.7. The van der Waals surface area contributed by atoms with Gasteiger partial charge in [0.05, 0.1) is 11.4 Å². The largest absolute Gasteiger partial charge is 0.482 e. The Bertz CT molecular complexity index is 735. The van der Waals surface area contributed by atoms with E-state index >= 15 is 0 Å². The molecule has 2 aromatic rings. The van der Waals surface area contributed by atoms with Crippen molar-refractivity contribution in [1.82, 2.24) is 10.9 Å². The molecule has 0 aromatic heterocycles. The molecule has 0 radical (unpaired) electrons. The van der Waals surface area contributed by atoms with E-state index in [1.807, 2.05) is 13.0 Å². The second-order valence-electron chi connectivity index (χ2n) is 5.12. The Kier molecular flexibility index (Phi) is 6.14. The molecule has 0 unspecified atom stereocenters. The van der Waals surface area contributed by atoms with Gasteiger partial charge in [0.2, 0.25) is 5.91 Å². The highest BCUT2D eigenvalue weighted by Gasteiger charge is 2.08. The van der Waals surface area contributed by atoms with Crippen molar-refractivity contribution in [2.24, 2.45) is 0 Å². The minimum absolute atomic E-state index is 0.0190. The third-order valence-corrected chi connectivity index (χ3v) is 3.38. The zero-order valence-electron chi connectivity index (χ0n) is 12.9. The number of carbonyl (C=O) groups excluding carboxylic acids is 2. The summed E-state index contributed by atoms with van der Waals surface area (Å²) in [4.78, 5) is 23.4. The summed E-state index contributed by atoms with van der Waals surface area (Å²) in [7, 11) is 0. The van der Waals surface area contributed by atoms with Crippen LogP contribution in [-0.4, -0.2) is 18.4 Å². The van der Waals surface area contributed by atoms with Gasteiger partial charge < -0.3 is 4.74 Å². The highest BCUT2D eigenvalue weighted by molar-refractivity contribution is 6.32. The third kappa shape index (κ3) is 5.55. The van der Waals surface area contributed by atoms with Gasteiger partial charge in [0, 0.05) is 0 Å². The molecule has 0 aliphatic heterocycles. The van der Waals surface area contributed by atoms with E-state index in [1.54, 1.807) is 12.1 Å². The molecule has 0 fully saturated rings. The second kappa shape index (κ2) is 8.31. The van der Waals surface area contributed by atoms with Gasteiger partial charge >= 0.3 is 0 Å². The van der Waals surface area contributed by atoms with Crippen LogP contribution in [0.2, 0.25) is 5.02 Å². The van der Waals surface area contributed by atoms with Gasteiger partial charge in [-0.1, -0.05) is 29.8 Å². The molecule has 0 saturated carbocycles. The minimum Gasteiger partial charge on any atom is -0.482 e. The maximum atomic E-state index is 12.8. The quantitative estimate of drug-likeness (QED) is 0.814. The number of benzene rings is 2. The van der Waals surface area contributed by atoms with Gasteiger partial charge in [-0.25, -0.2) is 4.39 Å². The maximum absolute atomic E-state index is 12.8. The van der Waals surface area contributed by atoms with Gasteiger partial charge in [0.1, 0.15) is 11.6 Å². The van der Waals surface area contributed by atoms with Crippen LogP contribution in [0.25, 0.3) is 0 Å². The van der Waals surface area contributed by atoms with Crippen LogP contribution >= 0.6 is 11.6 Å². The second-order valence-corrected chi connectivity index (χ2v) is 5.53. The van der Waals surface area contributed by atoms with E-state index in [4.69, 9.17) is 16.3 Å². The van der Waals surface area contributed by atoms with Crippen molar-refractivity contribution in [1.29, 1.82) is 0 Å². The average Bonchev–Trinajstić information content (AvgIpc) is 2.56. The molecule has 0 aliphatic carbocycles. The van der Waals surface area contributed by atoms with Crippen LogP contribution in [0.5, 0.6) is 5.75 Å². The molecule has 0 aliphatic rings. The first-order valence-electron chi connectivity index (χ1n) is 7.15. The Balaban J connectivity index is 1.75. The molecule has 2 N–H and O–H groups in total. The summed E-state index contributed by atoms with van der Waals surface area (Å²) in [6.45, 7) is 1.58. The summed E-state index contributed by atoms with van der Waals surface area (Å²) in [5, 5.41) is 0.397. The Morgan fingerprint density at radius 3 is 2.46 bits per heavy atom. The Morgan fingerprint density at radius 2 is 1.75 bits per heavy atom. The smallest absolute Gasteiger partial charge is 0.276 e. The number of nitrogens with one attached hydrogen (secondary N) is 2. The van der Waals surface area contributed by atoms with E-state index in [0.717, 1.165) is 5.56 Å². The van der Waals surface area contributed by atoms with E-state index < -0.39 is 11.8 Å². The molecule has 5 nitrogen and oxygen atoms in total. The normalized spacial score (nSPS) is 10.1. The van der Waals surface area contributed by atoms with Gasteiger partial charge in [0.15, 0.2) is 6.61 Å². The van der Waals surface area contributed by atoms with Crippen LogP contribution in [0.4, 0.5) is 4.39 Å². The van der Waals surface area contributed by atoms with Gasteiger partial charge in [0.25, 0.3) is 5.91 Å². The van der Waals surface area contributed by atoms with Crippen molar-refractivity contribution in [3.8, 4) is 5.75 Å². The summed E-state index contributed by atoms with van der Waals surface area (Å²) in [6.07, 6.45) is 0.0190. The summed E-state index contributed by atoms with van der Waals surface area (Å²) in [5.74, 6) is -0.938. The predicted molar refractivity (Wildman–Crippen MR) is 88.1 cm³/mol. The van der Waals surface area contributed by atoms with Crippen LogP contribution in [0.3, 0.4) is 0 Å². The van der Waals surface area contributed by atoms with Crippen molar-refractivity contribution < 1.29 is 18.7 Å². The molecule has 0 atom stereocenters. The zero-order chi connectivity index (χ0) is 17.5. The van der Waals surface area contributed by atoms with Crippen LogP contribution < -0.4 is 15.6 Å². The minimum atomic E-state index is -0.528. The van der Waals surface area contributed by atoms with Crippen molar-refractivity contribution in [2.75, 3.05) is 6.61 Å². The Morgan fingerprint density at radius 1 is 1.08 bits per heavy atom. The number of hydrogen-bond donors (Lipinski definition) is 2. The summed E-state index contributed by atoms with van der Waals surface area (Å²) in [6, 6.07) is 10.7. The molecule has 0 spiro atoms. The summed E-state index contributed by atoms with van der Waals surface area (Å²) in [5.41, 5.74) is 6.08. The molecule has 7 heteroatoms. The molecule has 2 aromatic carbocycles. The fourth-order valence-electron chi connectivity index (χ4n) is 1.87. The van der Waals surface area contributed by atoms with Gasteiger partial charge in [-0.3, -0.25) is 20.4 Å². The maximum Gasteiger partial charge on any atom is 0.276 e. The number of hydrazine groups is 1. The monoisotopic (exact) mass is 350 g/mol. The standard InChI is InChI=1S/C17H16ClFN2O3/c1-11-2-7-14(18)15(8-11)24-10-17(23)21-20-16(22)9-12-3-5-13(19)6-4-12/h2-8H,9-10H2,1H3,(H,20,22)(H,21,23). The number of carbonyl (C=O) groups is 2. The van der Waals surface area contributed by atoms with Crippen molar-refractivity contribution in [3.05, 3.63) is 64.4 Å². The Labute approximate surface area is 143 Å². The molecule has 2 amide bonds. The first-order valence-corrected chi connectivity index (χ1v) is 7.53. The fourth-order valence-corrected chi connectivity index (χ4v) is 2.04. The molecule has 0 bridgehead atoms. The van der Waals surface area contributed by atoms with E-state index in [0.29, 0.717) is 16.3 Å². The average molecular weight is 351 g/mol. The highest BCUT2D eigenvalue weighted by Crippen LogP contribution is 2.24. The Hall–Kier alpha value is -2.60. The van der Waals surface area contributed by atoms with Gasteiger partial charge in [-0.15, -0.1) is 0 Å². The van der Waals surface area contributed by atoms with E-state index in [2.05, 4.69) is 10.9 Å². The number of halogens is 2. The highest BCUT2D eigenvalue weighted by atomic mass is 35.5. The topological polar surface area (TPSA) is 67.4 Å². The lowest BCUT2D eigenvalue weighted by molar-refractivity contribution is -0.129. The van der Waals surface area contributed by atoms with Crippen molar-refractivity contribution >= 4 is 23.4 Å². The number of ether oxygens (including phenoxy) is 1. The van der Waals surface area contributed by atoms with E-state index in [-0.39, 0.29) is 18.8 Å². The number of amides is 2. The lowest BCUT2D eigenvalue weighted by Gasteiger charge is -2.10. The lowest BCUT2D eigenvalue weighted by Crippen LogP contribution is -2.44. The fraction of sp³-hybridized carbons (Fsp3) is 0.176. The van der Waals surface area contributed by atoms with Crippen LogP contribution in [0.1, 0.15) is 11.1 Å². The molecule has 24 heavy (non-hydrogen) atoms. The van der Waals surface area contributed by atoms with Crippen molar-refractivity contribution in [2.45, 2.75) is 13.3 Å². The molecular weight excluding hydrogens is 335 g/mol. The number of hydrogen-bond acceptors (Lipinski definition) is 3. The van der Waals surface area contributed by atoms with E-state index in [9.17, 15) is 14.0 Å². The van der Waals surface area contributed by atoms with Crippen LogP contribution in [-0.2, 0) is 16.0 Å². The van der Waals surface area contributed by atoms with Crippen LogP contribution in [0, 0.1) is 12.7 Å². The zero-order valence-corrected chi connectivity index (χ0v) is 13.7. The predicted octanol–water partition coefficient (Wildman–Crippen LogP) is 2.56.